The molecule has 0 radical (unpaired) electrons. The van der Waals surface area contributed by atoms with Crippen molar-refractivity contribution in [3.8, 4) is 0 Å². The van der Waals surface area contributed by atoms with Crippen molar-refractivity contribution >= 4 is 58.2 Å². The van der Waals surface area contributed by atoms with Crippen molar-refractivity contribution in [3.63, 3.8) is 0 Å². The van der Waals surface area contributed by atoms with Crippen LogP contribution in [0, 0.1) is 11.8 Å². The van der Waals surface area contributed by atoms with Crippen LogP contribution in [0.25, 0.3) is 10.9 Å². The third-order valence-corrected chi connectivity index (χ3v) is 13.2. The first-order valence-corrected chi connectivity index (χ1v) is 24.5. The van der Waals surface area contributed by atoms with Crippen molar-refractivity contribution < 1.29 is 33.6 Å². The quantitative estimate of drug-likeness (QED) is 0.0614. The van der Waals surface area contributed by atoms with E-state index in [2.05, 4.69) is 41.9 Å². The highest BCUT2D eigenvalue weighted by Gasteiger charge is 2.41. The summed E-state index contributed by atoms with van der Waals surface area (Å²) < 4.78 is 0. The Kier molecular flexibility index (Phi) is 18.8. The predicted molar refractivity (Wildman–Crippen MR) is 259 cm³/mol. The number of nitrogens with one attached hydrogen (secondary N) is 7. The Hall–Kier alpha value is -6.46. The average Bonchev–Trinajstić information content (AvgIpc) is 3.98. The number of nitrogens with zero attached hydrogens (tertiary/aromatic N) is 2. The lowest BCUT2D eigenvalue weighted by atomic mass is 9.84. The summed E-state index contributed by atoms with van der Waals surface area (Å²) in [6, 6.07) is 10.6. The van der Waals surface area contributed by atoms with Gasteiger partial charge in [0.15, 0.2) is 5.96 Å². The van der Waals surface area contributed by atoms with Crippen molar-refractivity contribution in [2.24, 2.45) is 28.3 Å². The molecule has 0 unspecified atom stereocenters. The van der Waals surface area contributed by atoms with Gasteiger partial charge in [-0.3, -0.25) is 38.6 Å². The van der Waals surface area contributed by atoms with Gasteiger partial charge in [0, 0.05) is 56.0 Å². The van der Waals surface area contributed by atoms with Crippen LogP contribution in [0.3, 0.4) is 0 Å². The van der Waals surface area contributed by atoms with E-state index in [4.69, 9.17) is 11.5 Å². The second kappa shape index (κ2) is 25.1. The summed E-state index contributed by atoms with van der Waals surface area (Å²) in [5, 5.41) is 18.5. The largest absolute Gasteiger partial charge is 0.370 e. The summed E-state index contributed by atoms with van der Waals surface area (Å²) in [4.78, 5) is 109. The fourth-order valence-electron chi connectivity index (χ4n) is 9.66. The van der Waals surface area contributed by atoms with E-state index < -0.39 is 71.7 Å². The summed E-state index contributed by atoms with van der Waals surface area (Å²) in [5.74, 6) is -3.40. The number of aromatic nitrogens is 1. The van der Waals surface area contributed by atoms with Gasteiger partial charge in [0.25, 0.3) is 0 Å². The number of hydrogen-bond donors (Lipinski definition) is 9. The molecule has 11 N–H and O–H groups in total. The lowest BCUT2D eigenvalue weighted by Gasteiger charge is -2.32. The first-order valence-electron chi connectivity index (χ1n) is 24.5. The molecule has 6 atom stereocenters. The van der Waals surface area contributed by atoms with E-state index >= 15 is 0 Å². The van der Waals surface area contributed by atoms with Crippen molar-refractivity contribution in [2.75, 3.05) is 19.6 Å². The molecule has 2 aromatic carbocycles. The molecular formula is C50H71N11O7. The minimum atomic E-state index is -1.14. The van der Waals surface area contributed by atoms with Gasteiger partial charge in [-0.05, 0) is 74.0 Å². The van der Waals surface area contributed by atoms with Crippen molar-refractivity contribution in [1.29, 1.82) is 0 Å². The molecule has 2 aliphatic heterocycles. The molecule has 68 heavy (non-hydrogen) atoms. The molecular weight excluding hydrogens is 867 g/mol. The summed E-state index contributed by atoms with van der Waals surface area (Å²) in [6.07, 6.45) is 9.08. The fraction of sp³-hybridized carbons (Fsp3) is 0.560. The van der Waals surface area contributed by atoms with Crippen LogP contribution in [0.1, 0.15) is 108 Å². The molecule has 3 fully saturated rings. The van der Waals surface area contributed by atoms with Crippen LogP contribution in [0.5, 0.6) is 0 Å². The van der Waals surface area contributed by atoms with E-state index in [1.807, 2.05) is 68.4 Å². The number of carbonyl (C=O) groups excluding carboxylic acids is 7. The van der Waals surface area contributed by atoms with Crippen LogP contribution in [0.15, 0.2) is 65.8 Å². The zero-order valence-corrected chi connectivity index (χ0v) is 39.5. The molecule has 1 aliphatic carbocycles. The number of carbonyl (C=O) groups is 7. The van der Waals surface area contributed by atoms with Gasteiger partial charge in [0.1, 0.15) is 36.3 Å². The average molecular weight is 938 g/mol. The number of H-pyrrole nitrogens is 1. The van der Waals surface area contributed by atoms with Crippen LogP contribution < -0.4 is 43.4 Å². The van der Waals surface area contributed by atoms with Crippen LogP contribution in [-0.4, -0.2) is 113 Å². The van der Waals surface area contributed by atoms with Gasteiger partial charge in [-0.2, -0.15) is 0 Å². The molecule has 3 aromatic rings. The highest BCUT2D eigenvalue weighted by atomic mass is 16.2. The SMILES string of the molecule is CC(C)CC(=O)N[C@@H](Cc1ccccc1)C(=O)N[C@H]1CCCNC(=O)[C@H](CCCN=C(N)N)NC(=O)[C@H](Cc2c[nH]c3ccccc23)NC(=O)[C@@H](CC2CCCCC2)NC(=O)[C@@H]2CCCN2C1=O. The molecule has 1 saturated carbocycles. The van der Waals surface area contributed by atoms with E-state index in [-0.39, 0.29) is 81.9 Å². The Balaban J connectivity index is 1.31. The lowest BCUT2D eigenvalue weighted by molar-refractivity contribution is -0.143. The Bertz CT molecular complexity index is 2240. The number of benzene rings is 2. The summed E-state index contributed by atoms with van der Waals surface area (Å²) in [5.41, 5.74) is 13.6. The maximum atomic E-state index is 14.7. The van der Waals surface area contributed by atoms with Gasteiger partial charge in [-0.15, -0.1) is 0 Å². The zero-order valence-electron chi connectivity index (χ0n) is 39.5. The maximum Gasteiger partial charge on any atom is 0.245 e. The minimum Gasteiger partial charge on any atom is -0.370 e. The minimum absolute atomic E-state index is 0.0402. The molecule has 2 saturated heterocycles. The third kappa shape index (κ3) is 14.8. The van der Waals surface area contributed by atoms with E-state index in [1.54, 1.807) is 6.20 Å². The number of aliphatic imine (C=N–C) groups is 1. The Morgan fingerprint density at radius 2 is 1.50 bits per heavy atom. The van der Waals surface area contributed by atoms with Crippen LogP contribution in [0.2, 0.25) is 0 Å². The Morgan fingerprint density at radius 3 is 2.25 bits per heavy atom. The van der Waals surface area contributed by atoms with Gasteiger partial charge in [-0.25, -0.2) is 0 Å². The number of hydrogen-bond acceptors (Lipinski definition) is 8. The van der Waals surface area contributed by atoms with Gasteiger partial charge in [-0.1, -0.05) is 94.5 Å². The Labute approximate surface area is 398 Å². The topological polar surface area (TPSA) is 275 Å². The number of rotatable bonds is 15. The number of fused-ring (bicyclic) bond motifs is 2. The fourth-order valence-corrected chi connectivity index (χ4v) is 9.66. The van der Waals surface area contributed by atoms with Crippen LogP contribution in [-0.2, 0) is 46.4 Å². The monoisotopic (exact) mass is 938 g/mol. The predicted octanol–water partition coefficient (Wildman–Crippen LogP) is 2.35. The number of nitrogens with two attached hydrogens (primary N) is 2. The maximum absolute atomic E-state index is 14.7. The third-order valence-electron chi connectivity index (χ3n) is 13.2. The lowest BCUT2D eigenvalue weighted by Crippen LogP contribution is -2.60. The van der Waals surface area contributed by atoms with Crippen molar-refractivity contribution in [2.45, 2.75) is 146 Å². The molecule has 6 rings (SSSR count). The first-order chi connectivity index (χ1) is 32.7. The summed E-state index contributed by atoms with van der Waals surface area (Å²) in [7, 11) is 0. The number of para-hydroxylation sites is 1. The van der Waals surface area contributed by atoms with E-state index in [1.165, 1.54) is 4.90 Å². The second-order valence-corrected chi connectivity index (χ2v) is 19.0. The molecule has 7 amide bonds. The zero-order chi connectivity index (χ0) is 48.6. The first kappa shape index (κ1) is 50.9. The highest BCUT2D eigenvalue weighted by molar-refractivity contribution is 5.98. The van der Waals surface area contributed by atoms with Gasteiger partial charge < -0.3 is 53.3 Å². The second-order valence-electron chi connectivity index (χ2n) is 19.0. The molecule has 0 bridgehead atoms. The Morgan fingerprint density at radius 1 is 0.794 bits per heavy atom. The molecule has 368 valence electrons. The highest BCUT2D eigenvalue weighted by Crippen LogP contribution is 2.28. The molecule has 0 spiro atoms. The van der Waals surface area contributed by atoms with Gasteiger partial charge in [0.2, 0.25) is 41.4 Å². The van der Waals surface area contributed by atoms with Crippen molar-refractivity contribution in [1.82, 2.24) is 41.8 Å². The molecule has 18 heteroatoms. The smallest absolute Gasteiger partial charge is 0.245 e. The molecule has 3 aliphatic rings. The van der Waals surface area contributed by atoms with Crippen LogP contribution in [0.4, 0.5) is 0 Å². The normalized spacial score (nSPS) is 23.0. The van der Waals surface area contributed by atoms with Crippen LogP contribution >= 0.6 is 0 Å². The number of aromatic amines is 1. The van der Waals surface area contributed by atoms with Gasteiger partial charge in [0.05, 0.1) is 0 Å². The standard InChI is InChI=1S/C50H71N11O7/c1-31(2)26-43(62)56-39(27-32-14-5-3-6-15-32)45(64)58-38-21-12-23-53-44(63)37(20-11-24-54-50(51)52)57-47(66)41(29-34-30-55-36-19-10-9-18-35(34)36)59-46(65)40(28-33-16-7-4-8-17-33)60-48(67)42-22-13-25-61(42)49(38)68/h3,5-6,9-10,14-15,18-19,30-31,33,37-42,55H,4,7-8,11-13,16-17,20-29H2,1-2H3,(H,53,63)(H,56,62)(H,57,66)(H,58,64)(H,59,65)(H,60,67)(H4,51,52,54)/t37-,38-,39-,40+,41-,42-/m0/s1. The van der Waals surface area contributed by atoms with E-state index in [0.29, 0.717) is 25.7 Å². The summed E-state index contributed by atoms with van der Waals surface area (Å²) >= 11 is 0. The van der Waals surface area contributed by atoms with E-state index in [9.17, 15) is 33.6 Å². The molecule has 3 heterocycles. The number of guanidine groups is 1. The molecule has 1 aromatic heterocycles. The van der Waals surface area contributed by atoms with Gasteiger partial charge >= 0.3 is 0 Å². The molecule has 18 nitrogen and oxygen atoms in total. The number of amides is 7. The van der Waals surface area contributed by atoms with E-state index in [0.717, 1.165) is 54.1 Å². The van der Waals surface area contributed by atoms with Crippen molar-refractivity contribution in [3.05, 3.63) is 71.9 Å². The summed E-state index contributed by atoms with van der Waals surface area (Å²) in [6.45, 7) is 4.32.